The number of hydrogen-bond acceptors (Lipinski definition) is 10. The molecule has 0 radical (unpaired) electrons. The molecule has 1 fully saturated rings. The molecule has 10 heteroatoms. The van der Waals surface area contributed by atoms with Gasteiger partial charge in [0, 0.05) is 32.6 Å². The number of aromatic nitrogens is 1. The summed E-state index contributed by atoms with van der Waals surface area (Å²) in [6.45, 7) is 3.73. The largest absolute Gasteiger partial charge is 0.475 e. The Kier molecular flexibility index (Phi) is 6.99. The van der Waals surface area contributed by atoms with Crippen molar-refractivity contribution in [3.8, 4) is 17.1 Å². The molecular weight excluding hydrogens is 414 g/mol. The lowest BCUT2D eigenvalue weighted by Gasteiger charge is -2.40. The third-order valence-electron chi connectivity index (χ3n) is 4.14. The Morgan fingerprint density at radius 3 is 2.27 bits per heavy atom. The van der Waals surface area contributed by atoms with E-state index >= 15 is 0 Å². The molecule has 1 aliphatic rings. The maximum atomic E-state index is 11.8. The van der Waals surface area contributed by atoms with Crippen LogP contribution in [0.2, 0.25) is 0 Å². The van der Waals surface area contributed by atoms with Crippen LogP contribution in [0, 0.1) is 0 Å². The second-order valence-corrected chi connectivity index (χ2v) is 7.62. The highest BCUT2D eigenvalue weighted by atomic mass is 32.2. The zero-order valence-corrected chi connectivity index (χ0v) is 17.4. The Morgan fingerprint density at radius 2 is 1.63 bits per heavy atom. The first-order valence-electron chi connectivity index (χ1n) is 9.15. The second kappa shape index (κ2) is 9.66. The van der Waals surface area contributed by atoms with Crippen LogP contribution in [-0.2, 0) is 28.6 Å². The molecular formula is C20H21NO8S. The van der Waals surface area contributed by atoms with Crippen LogP contribution in [0.4, 0.5) is 0 Å². The fraction of sp³-hybridized carbons (Fsp3) is 0.400. The van der Waals surface area contributed by atoms with Crippen molar-refractivity contribution in [2.45, 2.75) is 44.5 Å². The maximum Gasteiger partial charge on any atom is 0.303 e. The SMILES string of the molecule is CC(=O)O[C@@H]1[C@@H](OC(C)=O)[C@H](OC(C)=O)CS[C@H]1Oc1ccccc1-c1ccno1. The Hall–Kier alpha value is -3.01. The van der Waals surface area contributed by atoms with Gasteiger partial charge in [0.15, 0.2) is 29.5 Å². The van der Waals surface area contributed by atoms with E-state index in [1.54, 1.807) is 24.3 Å². The third-order valence-corrected chi connectivity index (χ3v) is 5.35. The van der Waals surface area contributed by atoms with Gasteiger partial charge in [0.25, 0.3) is 0 Å². The highest BCUT2D eigenvalue weighted by Crippen LogP contribution is 2.37. The van der Waals surface area contributed by atoms with Crippen LogP contribution < -0.4 is 4.74 Å². The van der Waals surface area contributed by atoms with Crippen molar-refractivity contribution in [2.75, 3.05) is 5.75 Å². The van der Waals surface area contributed by atoms with Crippen LogP contribution in [0.3, 0.4) is 0 Å². The minimum atomic E-state index is -1.01. The van der Waals surface area contributed by atoms with Crippen molar-refractivity contribution in [1.82, 2.24) is 5.16 Å². The first-order chi connectivity index (χ1) is 14.3. The number of rotatable bonds is 6. The van der Waals surface area contributed by atoms with Crippen LogP contribution in [0.15, 0.2) is 41.1 Å². The Morgan fingerprint density at radius 1 is 0.967 bits per heavy atom. The average Bonchev–Trinajstić information content (AvgIpc) is 3.20. The first kappa shape index (κ1) is 21.7. The molecule has 0 spiro atoms. The number of ether oxygens (including phenoxy) is 4. The van der Waals surface area contributed by atoms with E-state index in [0.717, 1.165) is 0 Å². The first-order valence-corrected chi connectivity index (χ1v) is 10.2. The summed E-state index contributed by atoms with van der Waals surface area (Å²) in [4.78, 5) is 34.9. The molecule has 0 bridgehead atoms. The fourth-order valence-electron chi connectivity index (χ4n) is 3.06. The number of benzene rings is 1. The molecule has 9 nitrogen and oxygen atoms in total. The molecule has 0 amide bonds. The Bertz CT molecular complexity index is 900. The second-order valence-electron chi connectivity index (χ2n) is 6.49. The molecule has 3 rings (SSSR count). The smallest absolute Gasteiger partial charge is 0.303 e. The average molecular weight is 435 g/mol. The number of esters is 3. The summed E-state index contributed by atoms with van der Waals surface area (Å²) in [6, 6.07) is 8.84. The molecule has 0 N–H and O–H groups in total. The Labute approximate surface area is 177 Å². The lowest BCUT2D eigenvalue weighted by Crippen LogP contribution is -2.55. The van der Waals surface area contributed by atoms with E-state index in [2.05, 4.69) is 5.16 Å². The maximum absolute atomic E-state index is 11.8. The van der Waals surface area contributed by atoms with Gasteiger partial charge in [-0.2, -0.15) is 0 Å². The van der Waals surface area contributed by atoms with Crippen molar-refractivity contribution in [3.05, 3.63) is 36.5 Å². The van der Waals surface area contributed by atoms with Crippen LogP contribution >= 0.6 is 11.8 Å². The number of para-hydroxylation sites is 1. The van der Waals surface area contributed by atoms with Crippen molar-refractivity contribution in [1.29, 1.82) is 0 Å². The summed E-state index contributed by atoms with van der Waals surface area (Å²) < 4.78 is 27.5. The lowest BCUT2D eigenvalue weighted by atomic mass is 10.1. The van der Waals surface area contributed by atoms with E-state index in [-0.39, 0.29) is 5.75 Å². The van der Waals surface area contributed by atoms with Crippen LogP contribution in [0.25, 0.3) is 11.3 Å². The number of nitrogens with zero attached hydrogens (tertiary/aromatic N) is 1. The van der Waals surface area contributed by atoms with Gasteiger partial charge in [-0.15, -0.1) is 11.8 Å². The van der Waals surface area contributed by atoms with E-state index in [0.29, 0.717) is 17.1 Å². The van der Waals surface area contributed by atoms with E-state index in [1.807, 2.05) is 6.07 Å². The van der Waals surface area contributed by atoms with Gasteiger partial charge in [-0.1, -0.05) is 17.3 Å². The van der Waals surface area contributed by atoms with Crippen LogP contribution in [0.5, 0.6) is 5.75 Å². The Balaban J connectivity index is 1.91. The molecule has 1 aromatic heterocycles. The summed E-state index contributed by atoms with van der Waals surface area (Å²) in [6.07, 6.45) is -1.29. The molecule has 2 heterocycles. The molecule has 1 aromatic carbocycles. The lowest BCUT2D eigenvalue weighted by molar-refractivity contribution is -0.186. The summed E-state index contributed by atoms with van der Waals surface area (Å²) in [5, 5.41) is 3.71. The molecule has 2 aromatic rings. The van der Waals surface area contributed by atoms with Crippen molar-refractivity contribution >= 4 is 29.7 Å². The van der Waals surface area contributed by atoms with Gasteiger partial charge in [0.1, 0.15) is 5.75 Å². The van der Waals surface area contributed by atoms with Gasteiger partial charge in [0.2, 0.25) is 0 Å². The van der Waals surface area contributed by atoms with E-state index in [9.17, 15) is 14.4 Å². The predicted molar refractivity (Wildman–Crippen MR) is 105 cm³/mol. The molecule has 30 heavy (non-hydrogen) atoms. The quantitative estimate of drug-likeness (QED) is 0.495. The van der Waals surface area contributed by atoms with E-state index < -0.39 is 41.7 Å². The molecule has 4 atom stereocenters. The van der Waals surface area contributed by atoms with Gasteiger partial charge in [-0.05, 0) is 12.1 Å². The summed E-state index contributed by atoms with van der Waals surface area (Å²) in [5.74, 6) is -0.458. The summed E-state index contributed by atoms with van der Waals surface area (Å²) in [7, 11) is 0. The molecule has 0 unspecified atom stereocenters. The van der Waals surface area contributed by atoms with Gasteiger partial charge in [-0.25, -0.2) is 0 Å². The number of thioether (sulfide) groups is 1. The third kappa shape index (κ3) is 5.32. The van der Waals surface area contributed by atoms with Gasteiger partial charge in [-0.3, -0.25) is 14.4 Å². The predicted octanol–water partition coefficient (Wildman–Crippen LogP) is 2.59. The number of carbonyl (C=O) groups excluding carboxylic acids is 3. The number of carbonyl (C=O) groups is 3. The molecule has 0 saturated carbocycles. The van der Waals surface area contributed by atoms with E-state index in [1.165, 1.54) is 38.7 Å². The van der Waals surface area contributed by atoms with Crippen molar-refractivity contribution < 1.29 is 37.9 Å². The zero-order valence-electron chi connectivity index (χ0n) is 16.6. The van der Waals surface area contributed by atoms with Crippen LogP contribution in [0.1, 0.15) is 20.8 Å². The van der Waals surface area contributed by atoms with Crippen LogP contribution in [-0.4, -0.2) is 52.6 Å². The summed E-state index contributed by atoms with van der Waals surface area (Å²) in [5.41, 5.74) is -0.0718. The van der Waals surface area contributed by atoms with Crippen molar-refractivity contribution in [3.63, 3.8) is 0 Å². The van der Waals surface area contributed by atoms with Crippen molar-refractivity contribution in [2.24, 2.45) is 0 Å². The molecule has 160 valence electrons. The standard InChI is InChI=1S/C20H21NO8S/c1-11(22)25-17-10-30-20(19(27-13(3)24)18(17)26-12(2)23)28-15-7-5-4-6-14(15)16-8-9-21-29-16/h4-9,17-20H,10H2,1-3H3/t17-,18+,19-,20-/m1/s1. The zero-order chi connectivity index (χ0) is 21.7. The van der Waals surface area contributed by atoms with E-state index in [4.69, 9.17) is 23.5 Å². The van der Waals surface area contributed by atoms with Gasteiger partial charge >= 0.3 is 17.9 Å². The van der Waals surface area contributed by atoms with Gasteiger partial charge in [0.05, 0.1) is 11.8 Å². The topological polar surface area (TPSA) is 114 Å². The highest BCUT2D eigenvalue weighted by molar-refractivity contribution is 7.99. The minimum absolute atomic E-state index is 0.282. The highest BCUT2D eigenvalue weighted by Gasteiger charge is 2.47. The summed E-state index contributed by atoms with van der Waals surface area (Å²) >= 11 is 1.28. The monoisotopic (exact) mass is 435 g/mol. The molecule has 1 aliphatic heterocycles. The fourth-order valence-corrected chi connectivity index (χ4v) is 4.27. The van der Waals surface area contributed by atoms with Gasteiger partial charge < -0.3 is 23.5 Å². The minimum Gasteiger partial charge on any atom is -0.475 e. The molecule has 1 saturated heterocycles. The normalized spacial score (nSPS) is 23.3. The molecule has 0 aliphatic carbocycles. The number of hydrogen-bond donors (Lipinski definition) is 0.